The first-order chi connectivity index (χ1) is 10.7. The van der Waals surface area contributed by atoms with Gasteiger partial charge in [-0.15, -0.1) is 0 Å². The lowest BCUT2D eigenvalue weighted by atomic mass is 9.87. The van der Waals surface area contributed by atoms with E-state index in [9.17, 15) is 0 Å². The standard InChI is InChI=1S/C18H28N2O2/c1-19(16-6-4-3-5-7-16)17-14-18(22-15-17)8-10-20(11-9-18)12-13-21-2/h3-7,17H,8-15H2,1-2H3. The van der Waals surface area contributed by atoms with Crippen molar-refractivity contribution in [1.82, 2.24) is 4.90 Å². The van der Waals surface area contributed by atoms with Crippen LogP contribution in [0.5, 0.6) is 0 Å². The minimum atomic E-state index is 0.108. The van der Waals surface area contributed by atoms with E-state index < -0.39 is 0 Å². The molecule has 1 aromatic carbocycles. The molecule has 1 aromatic rings. The molecule has 2 fully saturated rings. The van der Waals surface area contributed by atoms with E-state index in [1.807, 2.05) is 0 Å². The second-order valence-corrected chi connectivity index (χ2v) is 6.63. The minimum absolute atomic E-state index is 0.108. The van der Waals surface area contributed by atoms with Crippen LogP contribution in [0.4, 0.5) is 5.69 Å². The number of benzene rings is 1. The highest BCUT2D eigenvalue weighted by Crippen LogP contribution is 2.38. The monoisotopic (exact) mass is 304 g/mol. The van der Waals surface area contributed by atoms with Crippen LogP contribution in [-0.4, -0.2) is 63.5 Å². The molecule has 1 spiro atoms. The molecule has 1 atom stereocenters. The number of rotatable bonds is 5. The minimum Gasteiger partial charge on any atom is -0.383 e. The molecule has 0 amide bonds. The average Bonchev–Trinajstić information content (AvgIpc) is 2.98. The summed E-state index contributed by atoms with van der Waals surface area (Å²) < 4.78 is 11.5. The zero-order chi connectivity index (χ0) is 15.4. The predicted molar refractivity (Wildman–Crippen MR) is 89.5 cm³/mol. The Morgan fingerprint density at radius 1 is 1.27 bits per heavy atom. The summed E-state index contributed by atoms with van der Waals surface area (Å²) in [4.78, 5) is 4.87. The molecule has 0 radical (unpaired) electrons. The van der Waals surface area contributed by atoms with E-state index in [4.69, 9.17) is 9.47 Å². The molecule has 3 rings (SSSR count). The van der Waals surface area contributed by atoms with Crippen molar-refractivity contribution >= 4 is 5.69 Å². The van der Waals surface area contributed by atoms with E-state index in [0.29, 0.717) is 6.04 Å². The molecule has 22 heavy (non-hydrogen) atoms. The van der Waals surface area contributed by atoms with Crippen molar-refractivity contribution in [1.29, 1.82) is 0 Å². The van der Waals surface area contributed by atoms with E-state index in [2.05, 4.69) is 47.2 Å². The topological polar surface area (TPSA) is 24.9 Å². The van der Waals surface area contributed by atoms with Crippen LogP contribution >= 0.6 is 0 Å². The Hall–Kier alpha value is -1.10. The van der Waals surface area contributed by atoms with Gasteiger partial charge in [-0.2, -0.15) is 0 Å². The summed E-state index contributed by atoms with van der Waals surface area (Å²) in [6.07, 6.45) is 3.45. The fourth-order valence-electron chi connectivity index (χ4n) is 3.70. The molecule has 0 aromatic heterocycles. The average molecular weight is 304 g/mol. The second kappa shape index (κ2) is 6.99. The fourth-order valence-corrected chi connectivity index (χ4v) is 3.70. The number of para-hydroxylation sites is 1. The van der Waals surface area contributed by atoms with Gasteiger partial charge in [0.15, 0.2) is 0 Å². The zero-order valence-corrected chi connectivity index (χ0v) is 13.8. The molecule has 2 heterocycles. The summed E-state index contributed by atoms with van der Waals surface area (Å²) in [5.41, 5.74) is 1.39. The lowest BCUT2D eigenvalue weighted by molar-refractivity contribution is -0.0460. The molecule has 1 unspecified atom stereocenters. The van der Waals surface area contributed by atoms with Gasteiger partial charge in [0.1, 0.15) is 0 Å². The molecule has 0 aliphatic carbocycles. The Morgan fingerprint density at radius 3 is 2.68 bits per heavy atom. The van der Waals surface area contributed by atoms with Gasteiger partial charge in [-0.25, -0.2) is 0 Å². The largest absolute Gasteiger partial charge is 0.383 e. The quantitative estimate of drug-likeness (QED) is 0.834. The molecule has 4 heteroatoms. The first kappa shape index (κ1) is 15.8. The van der Waals surface area contributed by atoms with Crippen molar-refractivity contribution in [2.45, 2.75) is 30.9 Å². The number of nitrogens with zero attached hydrogens (tertiary/aromatic N) is 2. The van der Waals surface area contributed by atoms with Crippen LogP contribution in [0.1, 0.15) is 19.3 Å². The van der Waals surface area contributed by atoms with E-state index in [0.717, 1.165) is 52.1 Å². The number of hydrogen-bond donors (Lipinski definition) is 0. The number of hydrogen-bond acceptors (Lipinski definition) is 4. The predicted octanol–water partition coefficient (Wildman–Crippen LogP) is 2.39. The summed E-state index contributed by atoms with van der Waals surface area (Å²) in [7, 11) is 3.96. The second-order valence-electron chi connectivity index (χ2n) is 6.63. The lowest BCUT2D eigenvalue weighted by Crippen LogP contribution is -2.45. The molecular weight excluding hydrogens is 276 g/mol. The highest BCUT2D eigenvalue weighted by Gasteiger charge is 2.43. The molecular formula is C18H28N2O2. The van der Waals surface area contributed by atoms with E-state index >= 15 is 0 Å². The lowest BCUT2D eigenvalue weighted by Gasteiger charge is -2.39. The number of likely N-dealkylation sites (tertiary alicyclic amines) is 1. The van der Waals surface area contributed by atoms with Crippen LogP contribution in [0.25, 0.3) is 0 Å². The van der Waals surface area contributed by atoms with Gasteiger partial charge >= 0.3 is 0 Å². The van der Waals surface area contributed by atoms with Crippen LogP contribution in [0.15, 0.2) is 30.3 Å². The SMILES string of the molecule is COCCN1CCC2(CC1)CC(N(C)c1ccccc1)CO2. The third-order valence-corrected chi connectivity index (χ3v) is 5.28. The maximum Gasteiger partial charge on any atom is 0.0728 e. The maximum atomic E-state index is 6.29. The van der Waals surface area contributed by atoms with Crippen LogP contribution < -0.4 is 4.90 Å². The maximum absolute atomic E-state index is 6.29. The van der Waals surface area contributed by atoms with Crippen molar-refractivity contribution in [3.8, 4) is 0 Å². The molecule has 0 saturated carbocycles. The summed E-state index contributed by atoms with van der Waals surface area (Å²) in [5.74, 6) is 0. The third-order valence-electron chi connectivity index (χ3n) is 5.28. The fraction of sp³-hybridized carbons (Fsp3) is 0.667. The van der Waals surface area contributed by atoms with E-state index in [1.165, 1.54) is 5.69 Å². The van der Waals surface area contributed by atoms with Crippen molar-refractivity contribution in [2.75, 3.05) is 51.9 Å². The number of likely N-dealkylation sites (N-methyl/N-ethyl adjacent to an activating group) is 1. The van der Waals surface area contributed by atoms with Crippen LogP contribution in [-0.2, 0) is 9.47 Å². The Balaban J connectivity index is 1.54. The summed E-state index contributed by atoms with van der Waals surface area (Å²) in [6.45, 7) is 4.98. The van der Waals surface area contributed by atoms with E-state index in [1.54, 1.807) is 7.11 Å². The summed E-state index contributed by atoms with van der Waals surface area (Å²) in [6, 6.07) is 11.1. The number of methoxy groups -OCH3 is 1. The van der Waals surface area contributed by atoms with Gasteiger partial charge in [0.25, 0.3) is 0 Å². The van der Waals surface area contributed by atoms with Crippen molar-refractivity contribution in [2.24, 2.45) is 0 Å². The Morgan fingerprint density at radius 2 is 2.00 bits per heavy atom. The molecule has 2 saturated heterocycles. The van der Waals surface area contributed by atoms with Gasteiger partial charge in [0.2, 0.25) is 0 Å². The van der Waals surface area contributed by atoms with Crippen LogP contribution in [0.2, 0.25) is 0 Å². The van der Waals surface area contributed by atoms with Crippen LogP contribution in [0.3, 0.4) is 0 Å². The van der Waals surface area contributed by atoms with E-state index in [-0.39, 0.29) is 5.60 Å². The highest BCUT2D eigenvalue weighted by atomic mass is 16.5. The van der Waals surface area contributed by atoms with Gasteiger partial charge in [-0.1, -0.05) is 18.2 Å². The van der Waals surface area contributed by atoms with Gasteiger partial charge < -0.3 is 19.3 Å². The first-order valence-corrected chi connectivity index (χ1v) is 8.36. The highest BCUT2D eigenvalue weighted by molar-refractivity contribution is 5.46. The van der Waals surface area contributed by atoms with Crippen molar-refractivity contribution in [3.05, 3.63) is 30.3 Å². The number of piperidine rings is 1. The van der Waals surface area contributed by atoms with Crippen molar-refractivity contribution in [3.63, 3.8) is 0 Å². The zero-order valence-electron chi connectivity index (χ0n) is 13.8. The van der Waals surface area contributed by atoms with Gasteiger partial charge in [-0.3, -0.25) is 0 Å². The molecule has 0 N–H and O–H groups in total. The Bertz CT molecular complexity index is 457. The number of anilines is 1. The smallest absolute Gasteiger partial charge is 0.0728 e. The normalized spacial score (nSPS) is 24.7. The molecule has 122 valence electrons. The van der Waals surface area contributed by atoms with Gasteiger partial charge in [0.05, 0.1) is 24.9 Å². The molecule has 4 nitrogen and oxygen atoms in total. The van der Waals surface area contributed by atoms with Crippen LogP contribution in [0, 0.1) is 0 Å². The Kier molecular flexibility index (Phi) is 5.01. The van der Waals surface area contributed by atoms with Gasteiger partial charge in [-0.05, 0) is 31.4 Å². The van der Waals surface area contributed by atoms with Gasteiger partial charge in [0, 0.05) is 39.5 Å². The molecule has 2 aliphatic heterocycles. The first-order valence-electron chi connectivity index (χ1n) is 8.36. The third kappa shape index (κ3) is 3.45. The molecule has 2 aliphatic rings. The number of ether oxygens (including phenoxy) is 2. The Labute approximate surface area is 134 Å². The summed E-state index contributed by atoms with van der Waals surface area (Å²) in [5, 5.41) is 0. The summed E-state index contributed by atoms with van der Waals surface area (Å²) >= 11 is 0. The van der Waals surface area contributed by atoms with Crippen molar-refractivity contribution < 1.29 is 9.47 Å². The molecule has 0 bridgehead atoms.